The number of benzene rings is 1. The molecule has 3 aromatic rings. The average Bonchev–Trinajstić information content (AvgIpc) is 3.97. The molecule has 8 rings (SSSR count). The van der Waals surface area contributed by atoms with Gasteiger partial charge in [-0.25, -0.2) is 0 Å². The highest BCUT2D eigenvalue weighted by Crippen LogP contribution is 2.58. The van der Waals surface area contributed by atoms with E-state index >= 15 is 0 Å². The quantitative estimate of drug-likeness (QED) is 0.326. The molecule has 2 aliphatic heterocycles. The Kier molecular flexibility index (Phi) is 7.09. The Hall–Kier alpha value is -4.23. The van der Waals surface area contributed by atoms with Gasteiger partial charge in [-0.1, -0.05) is 24.8 Å². The zero-order valence-electron chi connectivity index (χ0n) is 25.8. The van der Waals surface area contributed by atoms with Crippen LogP contribution in [-0.4, -0.2) is 88.7 Å². The molecule has 0 unspecified atom stereocenters. The summed E-state index contributed by atoms with van der Waals surface area (Å²) in [5.74, 6) is 2.67. The minimum absolute atomic E-state index is 0.143. The molecule has 0 N–H and O–H groups in total. The number of ether oxygens (including phenoxy) is 2. The van der Waals surface area contributed by atoms with E-state index in [2.05, 4.69) is 47.7 Å². The summed E-state index contributed by atoms with van der Waals surface area (Å²) in [6.07, 6.45) is 10.2. The number of likely N-dealkylation sites (tertiary alicyclic amines) is 1. The van der Waals surface area contributed by atoms with Crippen molar-refractivity contribution < 1.29 is 14.3 Å². The zero-order chi connectivity index (χ0) is 30.7. The Morgan fingerprint density at radius 1 is 1.18 bits per heavy atom. The number of hydrogen-bond donors (Lipinski definition) is 0. The Balaban J connectivity index is 1.24. The smallest absolute Gasteiger partial charge is 0.319 e. The van der Waals surface area contributed by atoms with E-state index in [9.17, 15) is 10.1 Å². The van der Waals surface area contributed by atoms with Crippen molar-refractivity contribution in [3.05, 3.63) is 48.2 Å². The molecule has 45 heavy (non-hydrogen) atoms. The first-order valence-corrected chi connectivity index (χ1v) is 16.4. The molecule has 0 bridgehead atoms. The molecule has 2 saturated carbocycles. The molecule has 4 heterocycles. The second-order valence-electron chi connectivity index (χ2n) is 13.3. The molecule has 4 atom stereocenters. The number of likely N-dealkylation sites (N-methyl/N-ethyl adjacent to an activating group) is 1. The highest BCUT2D eigenvalue weighted by atomic mass is 16.5. The molecule has 2 saturated heterocycles. The van der Waals surface area contributed by atoms with Gasteiger partial charge in [0.15, 0.2) is 5.75 Å². The maximum atomic E-state index is 12.6. The molecule has 2 aromatic heterocycles. The van der Waals surface area contributed by atoms with Gasteiger partial charge in [0, 0.05) is 37.4 Å². The number of anilines is 1. The van der Waals surface area contributed by atoms with Crippen molar-refractivity contribution in [2.45, 2.75) is 69.1 Å². The number of fused-ring (bicyclic) bond motifs is 4. The molecule has 3 aliphatic carbocycles. The summed E-state index contributed by atoms with van der Waals surface area (Å²) in [7, 11) is 2.13. The molecule has 5 aliphatic rings. The van der Waals surface area contributed by atoms with Gasteiger partial charge in [0.1, 0.15) is 23.6 Å². The molecule has 1 aromatic carbocycles. The minimum Gasteiger partial charge on any atom is -0.486 e. The van der Waals surface area contributed by atoms with E-state index in [1.165, 1.54) is 23.6 Å². The van der Waals surface area contributed by atoms with Crippen molar-refractivity contribution in [1.29, 1.82) is 5.26 Å². The lowest BCUT2D eigenvalue weighted by Gasteiger charge is -2.41. The third-order valence-electron chi connectivity index (χ3n) is 10.4. The number of aromatic nitrogens is 3. The van der Waals surface area contributed by atoms with Gasteiger partial charge < -0.3 is 24.2 Å². The number of piperazine rings is 1. The standard InChI is InChI=1S/C35H39N7O3/c1-3-30(43)42-15-14-41(19-22(42)11-12-36)34-29-18-37-31(26-8-4-7-25-27-16-21(27)17-28(25)26)33(45-24-9-10-24)32(29)38-35(39-34)44-20-23-6-5-13-40(23)2/h3-4,7-8,18,21-24,27H,1,5-6,9-11,13-17,19-20H2,2H3/t21-,22+,23+,27-/m1/s1. The number of amides is 1. The van der Waals surface area contributed by atoms with E-state index in [0.717, 1.165) is 61.2 Å². The van der Waals surface area contributed by atoms with Crippen LogP contribution in [0.15, 0.2) is 37.1 Å². The van der Waals surface area contributed by atoms with Crippen LogP contribution in [0.1, 0.15) is 55.6 Å². The second-order valence-corrected chi connectivity index (χ2v) is 13.3. The van der Waals surface area contributed by atoms with Gasteiger partial charge in [-0.15, -0.1) is 0 Å². The number of hydrogen-bond acceptors (Lipinski definition) is 9. The highest BCUT2D eigenvalue weighted by Gasteiger charge is 2.46. The average molecular weight is 606 g/mol. The Bertz CT molecular complexity index is 1720. The molecular weight excluding hydrogens is 566 g/mol. The first kappa shape index (κ1) is 28.3. The first-order chi connectivity index (χ1) is 22.0. The molecular formula is C35H39N7O3. The van der Waals surface area contributed by atoms with Gasteiger partial charge >= 0.3 is 6.01 Å². The molecule has 1 amide bonds. The fourth-order valence-corrected chi connectivity index (χ4v) is 7.60. The molecule has 232 valence electrons. The van der Waals surface area contributed by atoms with Crippen LogP contribution >= 0.6 is 0 Å². The van der Waals surface area contributed by atoms with Crippen LogP contribution in [0.25, 0.3) is 22.2 Å². The number of carbonyl (C=O) groups is 1. The number of nitrogens with zero attached hydrogens (tertiary/aromatic N) is 7. The van der Waals surface area contributed by atoms with Crippen molar-refractivity contribution in [2.24, 2.45) is 5.92 Å². The van der Waals surface area contributed by atoms with Crippen LogP contribution < -0.4 is 14.4 Å². The summed E-state index contributed by atoms with van der Waals surface area (Å²) in [5, 5.41) is 10.4. The van der Waals surface area contributed by atoms with E-state index < -0.39 is 0 Å². The van der Waals surface area contributed by atoms with Crippen molar-refractivity contribution in [3.8, 4) is 29.1 Å². The van der Waals surface area contributed by atoms with Crippen LogP contribution in [0, 0.1) is 17.2 Å². The van der Waals surface area contributed by atoms with Gasteiger partial charge in [-0.2, -0.15) is 15.2 Å². The Morgan fingerprint density at radius 2 is 2.07 bits per heavy atom. The third kappa shape index (κ3) is 5.17. The van der Waals surface area contributed by atoms with E-state index in [1.807, 2.05) is 6.20 Å². The highest BCUT2D eigenvalue weighted by molar-refractivity contribution is 5.97. The van der Waals surface area contributed by atoms with Crippen LogP contribution in [0.3, 0.4) is 0 Å². The summed E-state index contributed by atoms with van der Waals surface area (Å²) in [5.41, 5.74) is 5.53. The predicted molar refractivity (Wildman–Crippen MR) is 170 cm³/mol. The summed E-state index contributed by atoms with van der Waals surface area (Å²) < 4.78 is 13.1. The van der Waals surface area contributed by atoms with Crippen LogP contribution in [0.5, 0.6) is 11.8 Å². The first-order valence-electron chi connectivity index (χ1n) is 16.4. The van der Waals surface area contributed by atoms with E-state index in [4.69, 9.17) is 24.4 Å². The molecule has 4 fully saturated rings. The SMILES string of the molecule is C=CC(=O)N1CCN(c2nc(OC[C@@H]3CCCN3C)nc3c(OC4CC4)c(-c4cccc5c4C[C@H]4C[C@@H]54)ncc23)C[C@@H]1CC#N. The fraction of sp³-hybridized carbons (Fsp3) is 0.514. The van der Waals surface area contributed by atoms with Gasteiger partial charge in [0.25, 0.3) is 0 Å². The number of rotatable bonds is 9. The molecule has 10 nitrogen and oxygen atoms in total. The van der Waals surface area contributed by atoms with Crippen molar-refractivity contribution >= 4 is 22.6 Å². The summed E-state index contributed by atoms with van der Waals surface area (Å²) in [6.45, 7) is 6.70. The normalized spacial score (nSPS) is 25.5. The van der Waals surface area contributed by atoms with Crippen LogP contribution in [0.2, 0.25) is 0 Å². The van der Waals surface area contributed by atoms with Gasteiger partial charge in [0.2, 0.25) is 5.91 Å². The van der Waals surface area contributed by atoms with Crippen molar-refractivity contribution in [2.75, 3.05) is 44.7 Å². The summed E-state index contributed by atoms with van der Waals surface area (Å²) >= 11 is 0. The number of carbonyl (C=O) groups excluding carboxylic acids is 1. The van der Waals surface area contributed by atoms with Gasteiger partial charge in [-0.3, -0.25) is 9.78 Å². The van der Waals surface area contributed by atoms with Crippen LogP contribution in [0.4, 0.5) is 5.82 Å². The fourth-order valence-electron chi connectivity index (χ4n) is 7.60. The lowest BCUT2D eigenvalue weighted by Crippen LogP contribution is -2.55. The van der Waals surface area contributed by atoms with Crippen molar-refractivity contribution in [3.63, 3.8) is 0 Å². The topological polar surface area (TPSA) is 108 Å². The Labute approximate surface area is 263 Å². The van der Waals surface area contributed by atoms with Gasteiger partial charge in [0.05, 0.1) is 30.0 Å². The molecule has 0 radical (unpaired) electrons. The maximum absolute atomic E-state index is 12.6. The van der Waals surface area contributed by atoms with Crippen molar-refractivity contribution in [1.82, 2.24) is 24.8 Å². The molecule has 0 spiro atoms. The van der Waals surface area contributed by atoms with E-state index in [-0.39, 0.29) is 24.5 Å². The second kappa shape index (κ2) is 11.3. The summed E-state index contributed by atoms with van der Waals surface area (Å²) in [4.78, 5) is 33.9. The summed E-state index contributed by atoms with van der Waals surface area (Å²) in [6, 6.07) is 9.21. The monoisotopic (exact) mass is 605 g/mol. The predicted octanol–water partition coefficient (Wildman–Crippen LogP) is 4.48. The lowest BCUT2D eigenvalue weighted by molar-refractivity contribution is -0.128. The number of pyridine rings is 1. The molecule has 10 heteroatoms. The number of nitriles is 1. The van der Waals surface area contributed by atoms with Gasteiger partial charge in [-0.05, 0) is 81.2 Å². The van der Waals surface area contributed by atoms with E-state index in [0.29, 0.717) is 61.3 Å². The lowest BCUT2D eigenvalue weighted by atomic mass is 9.96. The maximum Gasteiger partial charge on any atom is 0.319 e. The Morgan fingerprint density at radius 3 is 2.84 bits per heavy atom. The largest absolute Gasteiger partial charge is 0.486 e. The minimum atomic E-state index is -0.288. The van der Waals surface area contributed by atoms with Crippen LogP contribution in [-0.2, 0) is 11.2 Å². The van der Waals surface area contributed by atoms with E-state index in [1.54, 1.807) is 4.90 Å². The zero-order valence-corrected chi connectivity index (χ0v) is 25.8. The third-order valence-corrected chi connectivity index (χ3v) is 10.4.